The van der Waals surface area contributed by atoms with Crippen LogP contribution in [0.5, 0.6) is 0 Å². The van der Waals surface area contributed by atoms with Crippen LogP contribution >= 0.6 is 0 Å². The van der Waals surface area contributed by atoms with Crippen molar-refractivity contribution in [1.29, 1.82) is 0 Å². The molecule has 2 rings (SSSR count). The normalized spacial score (nSPS) is 11.3. The van der Waals surface area contributed by atoms with Crippen LogP contribution in [-0.2, 0) is 27.3 Å². The van der Waals surface area contributed by atoms with Crippen LogP contribution in [0.4, 0.5) is 0 Å². The Balaban J connectivity index is 0.00000135. The standard InChI is InChI=1S/C37H54N2.2C3H7.Ni/c1-5-9-13-14-15-17-21-32-23-19-26-34(29-32)37(33-25-18-22-31(28-33)20-11-7-3)36(27-16-10-6-2)35(30-39-38)24-12-8-4;2*1-3-2;/h18-19,22-23,25-26,28-29H,5-17,20-21,24,27H2,1-4H3;2*1,3H2,2H3;. The van der Waals surface area contributed by atoms with Gasteiger partial charge in [0.1, 0.15) is 0 Å². The van der Waals surface area contributed by atoms with E-state index in [2.05, 4.69) is 101 Å². The van der Waals surface area contributed by atoms with E-state index in [1.807, 2.05) is 14.4 Å². The summed E-state index contributed by atoms with van der Waals surface area (Å²) in [6.07, 6.45) is 22.8. The maximum atomic E-state index is 9.61. The summed E-state index contributed by atoms with van der Waals surface area (Å²) >= 11 is 1.90. The number of hydrogen-bond acceptors (Lipinski definition) is 0. The molecule has 0 aliphatic carbocycles. The van der Waals surface area contributed by atoms with Gasteiger partial charge < -0.3 is 5.53 Å². The zero-order chi connectivity index (χ0) is 33.7. The molecule has 2 aromatic rings. The van der Waals surface area contributed by atoms with Gasteiger partial charge in [0.2, 0.25) is 0 Å². The van der Waals surface area contributed by atoms with Gasteiger partial charge in [-0.2, -0.15) is 0 Å². The zero-order valence-corrected chi connectivity index (χ0v) is 31.7. The fourth-order valence-electron chi connectivity index (χ4n) is 5.74. The van der Waals surface area contributed by atoms with Crippen molar-refractivity contribution in [3.8, 4) is 0 Å². The number of rotatable bonds is 24. The number of allylic oxidation sites excluding steroid dienone is 2. The minimum atomic E-state index is 0.887. The van der Waals surface area contributed by atoms with E-state index in [1.54, 1.807) is 0 Å². The Bertz CT molecular complexity index is 1160. The minimum absolute atomic E-state index is 0.887. The maximum absolute atomic E-state index is 9.61. The van der Waals surface area contributed by atoms with Gasteiger partial charge in [-0.25, -0.2) is 0 Å². The van der Waals surface area contributed by atoms with Crippen LogP contribution in [0, 0.1) is 0 Å². The van der Waals surface area contributed by atoms with Crippen molar-refractivity contribution in [3.63, 3.8) is 0 Å². The van der Waals surface area contributed by atoms with E-state index < -0.39 is 0 Å². The van der Waals surface area contributed by atoms with Crippen molar-refractivity contribution >= 4 is 11.4 Å². The Labute approximate surface area is 291 Å². The summed E-state index contributed by atoms with van der Waals surface area (Å²) < 4.78 is 0. The summed E-state index contributed by atoms with van der Waals surface area (Å²) in [5, 5.41) is 2.72. The molecule has 260 valence electrons. The fourth-order valence-corrected chi connectivity index (χ4v) is 6.68. The molecule has 0 saturated carbocycles. The predicted octanol–water partition coefficient (Wildman–Crippen LogP) is 14.1. The molecule has 0 bridgehead atoms. The van der Waals surface area contributed by atoms with E-state index in [0.29, 0.717) is 0 Å². The molecule has 0 unspecified atom stereocenters. The third-order valence-corrected chi connectivity index (χ3v) is 9.96. The second kappa shape index (κ2) is 29.0. The van der Waals surface area contributed by atoms with Crippen molar-refractivity contribution in [3.05, 3.63) is 87.5 Å². The van der Waals surface area contributed by atoms with Crippen LogP contribution in [0.1, 0.15) is 173 Å². The van der Waals surface area contributed by atoms with Crippen LogP contribution < -0.4 is 0 Å². The summed E-state index contributed by atoms with van der Waals surface area (Å²) in [5.74, 6) is 3.03. The molecule has 0 N–H and O–H groups in total. The quantitative estimate of drug-likeness (QED) is 0.0266. The number of aryl methyl sites for hydroxylation is 2. The van der Waals surface area contributed by atoms with Gasteiger partial charge >= 0.3 is 57.8 Å². The SMILES string of the molecule is CCCCCCCCc1cccc(C(=C(CCCCC)C(=C=[N+]=[N-])CCCC)c2cccc(CCCC)c2)c1.CC[CH2][Ni][CH2]CC. The molecule has 3 heteroatoms. The summed E-state index contributed by atoms with van der Waals surface area (Å²) in [6, 6.07) is 18.4. The first-order valence-corrected chi connectivity index (χ1v) is 20.3. The summed E-state index contributed by atoms with van der Waals surface area (Å²) in [6.45, 7) is 13.5. The Morgan fingerprint density at radius 1 is 0.587 bits per heavy atom. The van der Waals surface area contributed by atoms with Crippen LogP contribution in [-0.4, -0.2) is 10.7 Å². The number of unbranched alkanes of at least 4 members (excludes halogenated alkanes) is 9. The monoisotopic (exact) mass is 670 g/mol. The van der Waals surface area contributed by atoms with E-state index in [-0.39, 0.29) is 0 Å². The molecule has 0 saturated heterocycles. The molecule has 0 fully saturated rings. The Kier molecular flexibility index (Phi) is 26.4. The summed E-state index contributed by atoms with van der Waals surface area (Å²) in [5.41, 5.74) is 18.7. The third-order valence-electron chi connectivity index (χ3n) is 8.27. The number of hydrogen-bond donors (Lipinski definition) is 0. The molecule has 0 heterocycles. The van der Waals surface area contributed by atoms with Gasteiger partial charge in [0.25, 0.3) is 0 Å². The predicted molar refractivity (Wildman–Crippen MR) is 201 cm³/mol. The topological polar surface area (TPSA) is 36.4 Å². The van der Waals surface area contributed by atoms with Gasteiger partial charge in [-0.3, -0.25) is 0 Å². The van der Waals surface area contributed by atoms with Gasteiger partial charge in [0.05, 0.1) is 5.57 Å². The molecule has 0 aliphatic heterocycles. The average Bonchev–Trinajstić information content (AvgIpc) is 3.08. The number of benzene rings is 2. The molecule has 0 atom stereocenters. The van der Waals surface area contributed by atoms with Gasteiger partial charge in [-0.05, 0) is 84.8 Å². The van der Waals surface area contributed by atoms with Crippen LogP contribution in [0.3, 0.4) is 0 Å². The summed E-state index contributed by atoms with van der Waals surface area (Å²) in [7, 11) is 0. The van der Waals surface area contributed by atoms with Crippen LogP contribution in [0.2, 0.25) is 10.8 Å². The molecule has 0 radical (unpaired) electrons. The van der Waals surface area contributed by atoms with Gasteiger partial charge in [0, 0.05) is 0 Å². The summed E-state index contributed by atoms with van der Waals surface area (Å²) in [4.78, 5) is 3.43. The van der Waals surface area contributed by atoms with Crippen LogP contribution in [0.25, 0.3) is 11.1 Å². The Morgan fingerprint density at radius 2 is 1.11 bits per heavy atom. The van der Waals surface area contributed by atoms with Crippen molar-refractivity contribution in [1.82, 2.24) is 0 Å². The Morgan fingerprint density at radius 3 is 1.65 bits per heavy atom. The van der Waals surface area contributed by atoms with Gasteiger partial charge in [0.15, 0.2) is 0 Å². The molecular formula is C43H68N2Ni. The van der Waals surface area contributed by atoms with E-state index in [9.17, 15) is 5.53 Å². The fraction of sp³-hybridized carbons (Fsp3) is 0.628. The first-order valence-electron chi connectivity index (χ1n) is 18.9. The van der Waals surface area contributed by atoms with Crippen molar-refractivity contribution in [2.24, 2.45) is 0 Å². The molecule has 0 amide bonds. The van der Waals surface area contributed by atoms with Crippen molar-refractivity contribution < 1.29 is 19.2 Å². The molecule has 0 aromatic heterocycles. The molecule has 2 nitrogen and oxygen atoms in total. The zero-order valence-electron chi connectivity index (χ0n) is 30.7. The molecule has 0 spiro atoms. The molecule has 2 aromatic carbocycles. The van der Waals surface area contributed by atoms with E-state index in [1.165, 1.54) is 121 Å². The van der Waals surface area contributed by atoms with Crippen molar-refractivity contribution in [2.75, 3.05) is 0 Å². The van der Waals surface area contributed by atoms with Gasteiger partial charge in [-0.15, -0.1) is 4.79 Å². The van der Waals surface area contributed by atoms with E-state index >= 15 is 0 Å². The third kappa shape index (κ3) is 18.2. The molecule has 0 aliphatic rings. The van der Waals surface area contributed by atoms with E-state index in [4.69, 9.17) is 0 Å². The van der Waals surface area contributed by atoms with E-state index in [0.717, 1.165) is 50.5 Å². The second-order valence-corrected chi connectivity index (χ2v) is 14.1. The first kappa shape index (κ1) is 41.9. The molecule has 46 heavy (non-hydrogen) atoms. The molecular weight excluding hydrogens is 603 g/mol. The average molecular weight is 672 g/mol. The van der Waals surface area contributed by atoms with Crippen molar-refractivity contribution in [2.45, 2.75) is 174 Å². The second-order valence-electron chi connectivity index (χ2n) is 12.6. The van der Waals surface area contributed by atoms with Crippen LogP contribution in [0.15, 0.2) is 59.7 Å². The Hall–Kier alpha value is -2.17. The van der Waals surface area contributed by atoms with Gasteiger partial charge in [-0.1, -0.05) is 134 Å². The first-order chi connectivity index (χ1) is 22.6. The number of nitrogens with zero attached hydrogens (tertiary/aromatic N) is 2.